The minimum atomic E-state index is -4.55. The van der Waals surface area contributed by atoms with E-state index in [0.29, 0.717) is 12.1 Å². The maximum absolute atomic E-state index is 13.6. The third-order valence-corrected chi connectivity index (χ3v) is 4.09. The van der Waals surface area contributed by atoms with Crippen molar-refractivity contribution in [2.45, 2.75) is 24.8 Å². The number of aliphatic carboxylic acids is 1. The molecule has 0 aliphatic carbocycles. The fraction of sp³-hybridized carbons (Fsp3) is 0.364. The Kier molecular flexibility index (Phi) is 4.97. The van der Waals surface area contributed by atoms with E-state index >= 15 is 0 Å². The number of non-ortho nitro benzene ring substituents is 1. The molecule has 0 amide bonds. The van der Waals surface area contributed by atoms with Crippen LogP contribution in [0.2, 0.25) is 0 Å². The number of halogens is 1. The SMILES string of the molecule is CC(C)[C@@H](NS(=O)(=O)c1cc([N+](=O)[O-])ccc1F)C(=O)O. The maximum atomic E-state index is 13.6. The number of nitro benzene ring substituents is 1. The van der Waals surface area contributed by atoms with Gasteiger partial charge in [0.1, 0.15) is 16.8 Å². The lowest BCUT2D eigenvalue weighted by atomic mass is 10.1. The van der Waals surface area contributed by atoms with Crippen molar-refractivity contribution in [3.8, 4) is 0 Å². The zero-order chi connectivity index (χ0) is 16.4. The number of carboxylic acid groups (broad SMARTS) is 1. The molecule has 1 atom stereocenters. The highest BCUT2D eigenvalue weighted by atomic mass is 32.2. The van der Waals surface area contributed by atoms with Crippen LogP contribution in [-0.2, 0) is 14.8 Å². The van der Waals surface area contributed by atoms with Gasteiger partial charge in [0.05, 0.1) is 4.92 Å². The van der Waals surface area contributed by atoms with E-state index in [-0.39, 0.29) is 0 Å². The maximum Gasteiger partial charge on any atom is 0.322 e. The van der Waals surface area contributed by atoms with Crippen LogP contribution in [0.5, 0.6) is 0 Å². The van der Waals surface area contributed by atoms with Gasteiger partial charge in [-0.25, -0.2) is 12.8 Å². The molecular formula is C11H13FN2O6S. The second kappa shape index (κ2) is 6.14. The molecule has 2 N–H and O–H groups in total. The first-order valence-electron chi connectivity index (χ1n) is 5.75. The number of hydrogen-bond acceptors (Lipinski definition) is 5. The summed E-state index contributed by atoms with van der Waals surface area (Å²) in [5.74, 6) is -3.24. The minimum absolute atomic E-state index is 0.539. The molecule has 0 aromatic heterocycles. The molecule has 21 heavy (non-hydrogen) atoms. The largest absolute Gasteiger partial charge is 0.480 e. The molecule has 0 saturated carbocycles. The van der Waals surface area contributed by atoms with Gasteiger partial charge in [0.15, 0.2) is 0 Å². The van der Waals surface area contributed by atoms with Crippen LogP contribution < -0.4 is 4.72 Å². The number of sulfonamides is 1. The van der Waals surface area contributed by atoms with E-state index in [1.165, 1.54) is 13.8 Å². The van der Waals surface area contributed by atoms with Gasteiger partial charge in [0.25, 0.3) is 5.69 Å². The van der Waals surface area contributed by atoms with Gasteiger partial charge in [-0.15, -0.1) is 0 Å². The Labute approximate surface area is 119 Å². The summed E-state index contributed by atoms with van der Waals surface area (Å²) in [5.41, 5.74) is -0.617. The van der Waals surface area contributed by atoms with Gasteiger partial charge in [-0.05, 0) is 12.0 Å². The number of hydrogen-bond donors (Lipinski definition) is 2. The van der Waals surface area contributed by atoms with Crippen molar-refractivity contribution < 1.29 is 27.6 Å². The van der Waals surface area contributed by atoms with Crippen molar-refractivity contribution in [3.05, 3.63) is 34.1 Å². The van der Waals surface area contributed by atoms with Crippen molar-refractivity contribution in [1.29, 1.82) is 0 Å². The number of rotatable bonds is 6. The van der Waals surface area contributed by atoms with Crippen LogP contribution >= 0.6 is 0 Å². The molecule has 0 spiro atoms. The summed E-state index contributed by atoms with van der Waals surface area (Å²) in [5, 5.41) is 19.5. The highest BCUT2D eigenvalue weighted by Crippen LogP contribution is 2.21. The van der Waals surface area contributed by atoms with E-state index < -0.39 is 49.3 Å². The number of carboxylic acids is 1. The summed E-state index contributed by atoms with van der Waals surface area (Å²) in [7, 11) is -4.55. The summed E-state index contributed by atoms with van der Waals surface area (Å²) in [6.07, 6.45) is 0. The van der Waals surface area contributed by atoms with Crippen LogP contribution in [0.15, 0.2) is 23.1 Å². The summed E-state index contributed by atoms with van der Waals surface area (Å²) >= 11 is 0. The molecule has 0 fully saturated rings. The average molecular weight is 320 g/mol. The standard InChI is InChI=1S/C11H13FN2O6S/c1-6(2)10(11(15)16)13-21(19,20)9-5-7(14(17)18)3-4-8(9)12/h3-6,10,13H,1-2H3,(H,15,16)/t10-/m1/s1. The summed E-state index contributed by atoms with van der Waals surface area (Å²) in [4.78, 5) is 19.7. The quantitative estimate of drug-likeness (QED) is 0.597. The van der Waals surface area contributed by atoms with Crippen molar-refractivity contribution in [1.82, 2.24) is 4.72 Å². The van der Waals surface area contributed by atoms with Crippen LogP contribution in [0.1, 0.15) is 13.8 Å². The zero-order valence-electron chi connectivity index (χ0n) is 11.1. The van der Waals surface area contributed by atoms with E-state index in [2.05, 4.69) is 0 Å². The van der Waals surface area contributed by atoms with Gasteiger partial charge in [-0.2, -0.15) is 4.72 Å². The molecule has 1 rings (SSSR count). The minimum Gasteiger partial charge on any atom is -0.480 e. The van der Waals surface area contributed by atoms with Gasteiger partial charge in [-0.1, -0.05) is 13.8 Å². The van der Waals surface area contributed by atoms with Crippen LogP contribution in [0.4, 0.5) is 10.1 Å². The number of nitrogens with zero attached hydrogens (tertiary/aromatic N) is 1. The Morgan fingerprint density at radius 3 is 2.43 bits per heavy atom. The lowest BCUT2D eigenvalue weighted by Gasteiger charge is -2.18. The van der Waals surface area contributed by atoms with Gasteiger partial charge in [-0.3, -0.25) is 14.9 Å². The predicted octanol–water partition coefficient (Wildman–Crippen LogP) is 1.12. The molecule has 8 nitrogen and oxygen atoms in total. The lowest BCUT2D eigenvalue weighted by Crippen LogP contribution is -2.44. The third kappa shape index (κ3) is 3.95. The van der Waals surface area contributed by atoms with Crippen molar-refractivity contribution in [3.63, 3.8) is 0 Å². The first-order chi connectivity index (χ1) is 9.56. The summed E-state index contributed by atoms with van der Waals surface area (Å²) in [6, 6.07) is 0.508. The molecule has 1 aromatic carbocycles. The number of carbonyl (C=O) groups is 1. The Morgan fingerprint density at radius 2 is 2.00 bits per heavy atom. The molecule has 1 aromatic rings. The van der Waals surface area contributed by atoms with Gasteiger partial charge < -0.3 is 5.11 Å². The first kappa shape index (κ1) is 17.0. The smallest absolute Gasteiger partial charge is 0.322 e. The Bertz CT molecular complexity index is 673. The summed E-state index contributed by atoms with van der Waals surface area (Å²) < 4.78 is 39.4. The average Bonchev–Trinajstić information content (AvgIpc) is 2.35. The van der Waals surface area contributed by atoms with Crippen molar-refractivity contribution in [2.75, 3.05) is 0 Å². The predicted molar refractivity (Wildman–Crippen MR) is 69.6 cm³/mol. The second-order valence-corrected chi connectivity index (χ2v) is 6.24. The van der Waals surface area contributed by atoms with Crippen LogP contribution in [0.25, 0.3) is 0 Å². The van der Waals surface area contributed by atoms with Crippen LogP contribution in [-0.4, -0.2) is 30.5 Å². The van der Waals surface area contributed by atoms with E-state index in [1.807, 2.05) is 4.72 Å². The molecule has 0 heterocycles. The summed E-state index contributed by atoms with van der Waals surface area (Å²) in [6.45, 7) is 2.93. The van der Waals surface area contributed by atoms with E-state index in [9.17, 15) is 27.7 Å². The van der Waals surface area contributed by atoms with Gasteiger partial charge in [0, 0.05) is 12.1 Å². The Balaban J connectivity index is 3.27. The first-order valence-corrected chi connectivity index (χ1v) is 7.23. The number of benzene rings is 1. The van der Waals surface area contributed by atoms with Gasteiger partial charge in [0.2, 0.25) is 10.0 Å². The molecule has 0 unspecified atom stereocenters. The molecular weight excluding hydrogens is 307 g/mol. The fourth-order valence-electron chi connectivity index (χ4n) is 1.51. The Morgan fingerprint density at radius 1 is 1.43 bits per heavy atom. The molecule has 116 valence electrons. The number of nitro groups is 1. The third-order valence-electron chi connectivity index (χ3n) is 2.63. The van der Waals surface area contributed by atoms with E-state index in [0.717, 1.165) is 6.07 Å². The van der Waals surface area contributed by atoms with Gasteiger partial charge >= 0.3 is 5.97 Å². The van der Waals surface area contributed by atoms with Crippen LogP contribution in [0, 0.1) is 21.8 Å². The Hall–Kier alpha value is -2.07. The number of nitrogens with one attached hydrogen (secondary N) is 1. The molecule has 0 saturated heterocycles. The molecule has 0 bridgehead atoms. The molecule has 0 aliphatic heterocycles. The molecule has 0 radical (unpaired) electrons. The highest BCUT2D eigenvalue weighted by Gasteiger charge is 2.30. The zero-order valence-corrected chi connectivity index (χ0v) is 11.9. The molecule has 10 heteroatoms. The van der Waals surface area contributed by atoms with Crippen molar-refractivity contribution in [2.24, 2.45) is 5.92 Å². The van der Waals surface area contributed by atoms with E-state index in [4.69, 9.17) is 5.11 Å². The normalized spacial score (nSPS) is 13.1. The lowest BCUT2D eigenvalue weighted by molar-refractivity contribution is -0.385. The van der Waals surface area contributed by atoms with Crippen molar-refractivity contribution >= 4 is 21.7 Å². The topological polar surface area (TPSA) is 127 Å². The van der Waals surface area contributed by atoms with Crippen LogP contribution in [0.3, 0.4) is 0 Å². The monoisotopic (exact) mass is 320 g/mol. The highest BCUT2D eigenvalue weighted by molar-refractivity contribution is 7.89. The molecule has 0 aliphatic rings. The fourth-order valence-corrected chi connectivity index (χ4v) is 2.95. The van der Waals surface area contributed by atoms with E-state index in [1.54, 1.807) is 0 Å². The second-order valence-electron chi connectivity index (χ2n) is 4.55.